The highest BCUT2D eigenvalue weighted by molar-refractivity contribution is 9.09. The van der Waals surface area contributed by atoms with Gasteiger partial charge in [0, 0.05) is 30.3 Å². The highest BCUT2D eigenvalue weighted by atomic mass is 79.9. The summed E-state index contributed by atoms with van der Waals surface area (Å²) in [5.41, 5.74) is 2.11. The van der Waals surface area contributed by atoms with Crippen LogP contribution in [0.3, 0.4) is 0 Å². The zero-order valence-electron chi connectivity index (χ0n) is 10.4. The van der Waals surface area contributed by atoms with Gasteiger partial charge in [0.05, 0.1) is 11.1 Å². The van der Waals surface area contributed by atoms with Gasteiger partial charge in [0.15, 0.2) is 0 Å². The van der Waals surface area contributed by atoms with Gasteiger partial charge in [-0.1, -0.05) is 22.0 Å². The molecular weight excluding hydrogens is 306 g/mol. The van der Waals surface area contributed by atoms with Gasteiger partial charge in [-0.25, -0.2) is 0 Å². The number of likely N-dealkylation sites (tertiary alicyclic amines) is 1. The average molecular weight is 320 g/mol. The maximum absolute atomic E-state index is 12.7. The molecule has 2 aromatic rings. The summed E-state index contributed by atoms with van der Waals surface area (Å²) in [5, 5.41) is 0.829. The molecule has 0 bridgehead atoms. The van der Waals surface area contributed by atoms with E-state index >= 15 is 0 Å². The lowest BCUT2D eigenvalue weighted by molar-refractivity contribution is 0.0752. The SMILES string of the molecule is O=C(c1cccc2nccnc12)N1CCCC1CBr. The van der Waals surface area contributed by atoms with E-state index in [0.717, 1.165) is 30.2 Å². The van der Waals surface area contributed by atoms with Gasteiger partial charge >= 0.3 is 0 Å². The van der Waals surface area contributed by atoms with Crippen molar-refractivity contribution in [3.63, 3.8) is 0 Å². The Hall–Kier alpha value is -1.49. The van der Waals surface area contributed by atoms with E-state index in [0.29, 0.717) is 17.1 Å². The van der Waals surface area contributed by atoms with Crippen LogP contribution in [0.25, 0.3) is 11.0 Å². The Labute approximate surface area is 120 Å². The number of aromatic nitrogens is 2. The fourth-order valence-corrected chi connectivity index (χ4v) is 3.26. The Balaban J connectivity index is 2.02. The number of fused-ring (bicyclic) bond motifs is 1. The molecule has 19 heavy (non-hydrogen) atoms. The average Bonchev–Trinajstić information content (AvgIpc) is 2.94. The molecule has 1 unspecified atom stereocenters. The summed E-state index contributed by atoms with van der Waals surface area (Å²) in [6.07, 6.45) is 5.41. The number of benzene rings is 1. The van der Waals surface area contributed by atoms with Gasteiger partial charge in [-0.3, -0.25) is 14.8 Å². The summed E-state index contributed by atoms with van der Waals surface area (Å²) in [6.45, 7) is 0.825. The monoisotopic (exact) mass is 319 g/mol. The fourth-order valence-electron chi connectivity index (χ4n) is 2.58. The Morgan fingerprint density at radius 3 is 3.05 bits per heavy atom. The Morgan fingerprint density at radius 2 is 2.21 bits per heavy atom. The molecule has 4 nitrogen and oxygen atoms in total. The summed E-state index contributed by atoms with van der Waals surface area (Å²) in [4.78, 5) is 23.2. The van der Waals surface area contributed by atoms with Crippen LogP contribution < -0.4 is 0 Å². The van der Waals surface area contributed by atoms with Gasteiger partial charge in [-0.05, 0) is 25.0 Å². The second-order valence-corrected chi connectivity index (χ2v) is 5.33. The molecule has 0 spiro atoms. The third kappa shape index (κ3) is 2.23. The second kappa shape index (κ2) is 5.25. The lowest BCUT2D eigenvalue weighted by Crippen LogP contribution is -2.36. The smallest absolute Gasteiger partial charge is 0.256 e. The van der Waals surface area contributed by atoms with Crippen molar-refractivity contribution in [2.75, 3.05) is 11.9 Å². The Morgan fingerprint density at radius 1 is 1.37 bits per heavy atom. The van der Waals surface area contributed by atoms with E-state index in [9.17, 15) is 4.79 Å². The van der Waals surface area contributed by atoms with Crippen molar-refractivity contribution < 1.29 is 4.79 Å². The van der Waals surface area contributed by atoms with Crippen LogP contribution >= 0.6 is 15.9 Å². The molecule has 2 heterocycles. The molecule has 1 aliphatic heterocycles. The molecule has 5 heteroatoms. The molecule has 0 N–H and O–H groups in total. The lowest BCUT2D eigenvalue weighted by Gasteiger charge is -2.23. The first-order valence-corrected chi connectivity index (χ1v) is 7.50. The molecule has 3 rings (SSSR count). The summed E-state index contributed by atoms with van der Waals surface area (Å²) in [5.74, 6) is 0.0630. The predicted octanol–water partition coefficient (Wildman–Crippen LogP) is 2.63. The van der Waals surface area contributed by atoms with E-state index in [1.807, 2.05) is 23.1 Å². The zero-order chi connectivity index (χ0) is 13.2. The number of hydrogen-bond acceptors (Lipinski definition) is 3. The van der Waals surface area contributed by atoms with Gasteiger partial charge in [-0.15, -0.1) is 0 Å². The first-order chi connectivity index (χ1) is 9.31. The maximum Gasteiger partial charge on any atom is 0.256 e. The molecule has 1 aromatic heterocycles. The van der Waals surface area contributed by atoms with Crippen LogP contribution in [0.5, 0.6) is 0 Å². The van der Waals surface area contributed by atoms with Crippen molar-refractivity contribution in [3.8, 4) is 0 Å². The number of alkyl halides is 1. The van der Waals surface area contributed by atoms with E-state index in [4.69, 9.17) is 0 Å². The van der Waals surface area contributed by atoms with Crippen LogP contribution in [0.1, 0.15) is 23.2 Å². The summed E-state index contributed by atoms with van der Waals surface area (Å²) in [7, 11) is 0. The first kappa shape index (κ1) is 12.5. The normalized spacial score (nSPS) is 19.0. The van der Waals surface area contributed by atoms with Crippen LogP contribution in [-0.4, -0.2) is 38.7 Å². The maximum atomic E-state index is 12.7. The van der Waals surface area contributed by atoms with E-state index < -0.39 is 0 Å². The van der Waals surface area contributed by atoms with Crippen molar-refractivity contribution in [1.82, 2.24) is 14.9 Å². The van der Waals surface area contributed by atoms with Crippen molar-refractivity contribution >= 4 is 32.9 Å². The van der Waals surface area contributed by atoms with Crippen LogP contribution in [0.2, 0.25) is 0 Å². The molecule has 1 amide bonds. The first-order valence-electron chi connectivity index (χ1n) is 6.38. The molecule has 1 fully saturated rings. The van der Waals surface area contributed by atoms with E-state index in [1.54, 1.807) is 12.4 Å². The number of halogens is 1. The van der Waals surface area contributed by atoms with Crippen molar-refractivity contribution in [1.29, 1.82) is 0 Å². The number of nitrogens with zero attached hydrogens (tertiary/aromatic N) is 3. The molecule has 98 valence electrons. The fraction of sp³-hybridized carbons (Fsp3) is 0.357. The van der Waals surface area contributed by atoms with Crippen LogP contribution in [0.4, 0.5) is 0 Å². The van der Waals surface area contributed by atoms with Crippen LogP contribution in [-0.2, 0) is 0 Å². The zero-order valence-corrected chi connectivity index (χ0v) is 12.0. The lowest BCUT2D eigenvalue weighted by atomic mass is 10.1. The number of rotatable bonds is 2. The van der Waals surface area contributed by atoms with E-state index in [2.05, 4.69) is 25.9 Å². The third-order valence-corrected chi connectivity index (χ3v) is 4.29. The minimum absolute atomic E-state index is 0.0630. The molecular formula is C14H14BrN3O. The topological polar surface area (TPSA) is 46.1 Å². The second-order valence-electron chi connectivity index (χ2n) is 4.68. The molecule has 1 saturated heterocycles. The minimum Gasteiger partial charge on any atom is -0.335 e. The quantitative estimate of drug-likeness (QED) is 0.799. The summed E-state index contributed by atoms with van der Waals surface area (Å²) < 4.78 is 0. The number of carbonyl (C=O) groups is 1. The van der Waals surface area contributed by atoms with E-state index in [-0.39, 0.29) is 5.91 Å². The van der Waals surface area contributed by atoms with E-state index in [1.165, 1.54) is 0 Å². The number of amides is 1. The third-order valence-electron chi connectivity index (χ3n) is 3.55. The Bertz CT molecular complexity index is 611. The van der Waals surface area contributed by atoms with Gasteiger partial charge in [0.2, 0.25) is 0 Å². The van der Waals surface area contributed by atoms with Gasteiger partial charge in [0.1, 0.15) is 5.52 Å². The molecule has 0 saturated carbocycles. The Kier molecular flexibility index (Phi) is 3.46. The molecule has 1 aliphatic rings. The predicted molar refractivity (Wildman–Crippen MR) is 77.4 cm³/mol. The summed E-state index contributed by atoms with van der Waals surface area (Å²) in [6, 6.07) is 5.87. The van der Waals surface area contributed by atoms with Gasteiger partial charge in [0.25, 0.3) is 5.91 Å². The number of carbonyl (C=O) groups excluding carboxylic acids is 1. The van der Waals surface area contributed by atoms with Gasteiger partial charge < -0.3 is 4.90 Å². The molecule has 1 aromatic carbocycles. The summed E-state index contributed by atoms with van der Waals surface area (Å²) >= 11 is 3.49. The number of para-hydroxylation sites is 1. The molecule has 1 atom stereocenters. The van der Waals surface area contributed by atoms with Crippen molar-refractivity contribution in [2.24, 2.45) is 0 Å². The molecule has 0 aliphatic carbocycles. The minimum atomic E-state index is 0.0630. The van der Waals surface area contributed by atoms with Gasteiger partial charge in [-0.2, -0.15) is 0 Å². The standard InChI is InChI=1S/C14H14BrN3O/c15-9-10-3-2-8-18(10)14(19)11-4-1-5-12-13(11)17-7-6-16-12/h1,4-7,10H,2-3,8-9H2. The highest BCUT2D eigenvalue weighted by Crippen LogP contribution is 2.23. The van der Waals surface area contributed by atoms with Crippen molar-refractivity contribution in [3.05, 3.63) is 36.2 Å². The van der Waals surface area contributed by atoms with Crippen molar-refractivity contribution in [2.45, 2.75) is 18.9 Å². The largest absolute Gasteiger partial charge is 0.335 e. The molecule has 0 radical (unpaired) electrons. The number of hydrogen-bond donors (Lipinski definition) is 0. The highest BCUT2D eigenvalue weighted by Gasteiger charge is 2.29. The van der Waals surface area contributed by atoms with Crippen LogP contribution in [0.15, 0.2) is 30.6 Å². The van der Waals surface area contributed by atoms with Crippen LogP contribution in [0, 0.1) is 0 Å².